The third kappa shape index (κ3) is 5.77. The Morgan fingerprint density at radius 3 is 2.46 bits per heavy atom. The Morgan fingerprint density at radius 1 is 1.21 bits per heavy atom. The van der Waals surface area contributed by atoms with Gasteiger partial charge in [0.15, 0.2) is 0 Å². The van der Waals surface area contributed by atoms with E-state index in [4.69, 9.17) is 21.1 Å². The molecule has 28 heavy (non-hydrogen) atoms. The predicted octanol–water partition coefficient (Wildman–Crippen LogP) is 2.70. The van der Waals surface area contributed by atoms with Crippen LogP contribution in [0.15, 0.2) is 48.5 Å². The summed E-state index contributed by atoms with van der Waals surface area (Å²) in [4.78, 5) is 12.5. The Kier molecular flexibility index (Phi) is 7.53. The van der Waals surface area contributed by atoms with E-state index in [-0.39, 0.29) is 23.9 Å². The first-order chi connectivity index (χ1) is 13.2. The standard InChI is InChI=1S/C19H23ClN2O5S/c1-14(19(23)21-11-12-27-16-7-5-4-6-8-16)22(28(3,24)25)15-9-10-18(26-2)17(20)13-15/h4-10,13-14H,11-12H2,1-3H3,(H,21,23)/t14-/m0/s1. The zero-order valence-corrected chi connectivity index (χ0v) is 17.5. The van der Waals surface area contributed by atoms with Gasteiger partial charge >= 0.3 is 0 Å². The molecule has 0 saturated heterocycles. The van der Waals surface area contributed by atoms with E-state index in [1.165, 1.54) is 26.2 Å². The lowest BCUT2D eigenvalue weighted by molar-refractivity contribution is -0.121. The topological polar surface area (TPSA) is 84.9 Å². The molecule has 0 fully saturated rings. The van der Waals surface area contributed by atoms with Crippen molar-refractivity contribution in [1.82, 2.24) is 5.32 Å². The summed E-state index contributed by atoms with van der Waals surface area (Å²) < 4.78 is 36.2. The monoisotopic (exact) mass is 426 g/mol. The fourth-order valence-corrected chi connectivity index (χ4v) is 4.03. The summed E-state index contributed by atoms with van der Waals surface area (Å²) in [6, 6.07) is 12.7. The van der Waals surface area contributed by atoms with Crippen LogP contribution in [0.5, 0.6) is 11.5 Å². The van der Waals surface area contributed by atoms with Crippen molar-refractivity contribution in [1.29, 1.82) is 0 Å². The number of benzene rings is 2. The Hall–Kier alpha value is -2.45. The van der Waals surface area contributed by atoms with Crippen molar-refractivity contribution in [3.63, 3.8) is 0 Å². The molecule has 0 spiro atoms. The number of hydrogen-bond donors (Lipinski definition) is 1. The van der Waals surface area contributed by atoms with E-state index >= 15 is 0 Å². The van der Waals surface area contributed by atoms with Gasteiger partial charge in [0.1, 0.15) is 24.1 Å². The minimum absolute atomic E-state index is 0.235. The van der Waals surface area contributed by atoms with Crippen LogP contribution < -0.4 is 19.1 Å². The van der Waals surface area contributed by atoms with Crippen LogP contribution in [0.2, 0.25) is 5.02 Å². The summed E-state index contributed by atoms with van der Waals surface area (Å²) in [7, 11) is -2.27. The maximum atomic E-state index is 12.5. The Balaban J connectivity index is 2.05. The molecule has 1 amide bonds. The summed E-state index contributed by atoms with van der Waals surface area (Å²) in [5, 5.41) is 2.93. The zero-order valence-electron chi connectivity index (χ0n) is 15.9. The molecule has 0 aromatic heterocycles. The average molecular weight is 427 g/mol. The van der Waals surface area contributed by atoms with Gasteiger partial charge in [-0.3, -0.25) is 9.10 Å². The molecule has 2 rings (SSSR count). The maximum Gasteiger partial charge on any atom is 0.243 e. The second-order valence-corrected chi connectivity index (χ2v) is 8.27. The first-order valence-corrected chi connectivity index (χ1v) is 10.7. The average Bonchev–Trinajstić information content (AvgIpc) is 2.65. The number of sulfonamides is 1. The van der Waals surface area contributed by atoms with Gasteiger partial charge in [0.2, 0.25) is 15.9 Å². The molecule has 2 aromatic carbocycles. The largest absolute Gasteiger partial charge is 0.495 e. The number of anilines is 1. The summed E-state index contributed by atoms with van der Waals surface area (Å²) in [5.41, 5.74) is 0.275. The molecule has 7 nitrogen and oxygen atoms in total. The molecule has 0 aliphatic carbocycles. The molecule has 0 unspecified atom stereocenters. The molecule has 1 N–H and O–H groups in total. The van der Waals surface area contributed by atoms with Gasteiger partial charge in [-0.05, 0) is 37.3 Å². The van der Waals surface area contributed by atoms with Crippen molar-refractivity contribution < 1.29 is 22.7 Å². The van der Waals surface area contributed by atoms with Crippen LogP contribution in [-0.2, 0) is 14.8 Å². The van der Waals surface area contributed by atoms with Gasteiger partial charge in [0.25, 0.3) is 0 Å². The number of nitrogens with zero attached hydrogens (tertiary/aromatic N) is 1. The van der Waals surface area contributed by atoms with Crippen molar-refractivity contribution in [2.24, 2.45) is 0 Å². The molecular formula is C19H23ClN2O5S. The van der Waals surface area contributed by atoms with E-state index in [2.05, 4.69) is 5.32 Å². The zero-order chi connectivity index (χ0) is 20.7. The highest BCUT2D eigenvalue weighted by molar-refractivity contribution is 7.92. The maximum absolute atomic E-state index is 12.5. The van der Waals surface area contributed by atoms with Crippen LogP contribution in [0.4, 0.5) is 5.69 Å². The van der Waals surface area contributed by atoms with Gasteiger partial charge in [0, 0.05) is 0 Å². The molecule has 2 aromatic rings. The van der Waals surface area contributed by atoms with E-state index in [1.54, 1.807) is 6.07 Å². The highest BCUT2D eigenvalue weighted by Crippen LogP contribution is 2.31. The van der Waals surface area contributed by atoms with E-state index in [0.29, 0.717) is 11.5 Å². The molecular weight excluding hydrogens is 404 g/mol. The normalized spacial score (nSPS) is 12.1. The summed E-state index contributed by atoms with van der Waals surface area (Å²) in [6.07, 6.45) is 1.04. The van der Waals surface area contributed by atoms with Crippen LogP contribution >= 0.6 is 11.6 Å². The number of methoxy groups -OCH3 is 1. The van der Waals surface area contributed by atoms with Gasteiger partial charge in [-0.15, -0.1) is 0 Å². The van der Waals surface area contributed by atoms with Gasteiger partial charge in [-0.2, -0.15) is 0 Å². The van der Waals surface area contributed by atoms with Crippen LogP contribution in [-0.4, -0.2) is 46.9 Å². The Bertz CT molecular complexity index is 906. The molecule has 9 heteroatoms. The van der Waals surface area contributed by atoms with E-state index < -0.39 is 22.0 Å². The molecule has 1 atom stereocenters. The number of carbonyl (C=O) groups is 1. The highest BCUT2D eigenvalue weighted by Gasteiger charge is 2.29. The molecule has 0 aliphatic rings. The summed E-state index contributed by atoms with van der Waals surface area (Å²) in [6.45, 7) is 2.00. The Morgan fingerprint density at radius 2 is 1.89 bits per heavy atom. The van der Waals surface area contributed by atoms with E-state index in [0.717, 1.165) is 10.6 Å². The van der Waals surface area contributed by atoms with Crippen molar-refractivity contribution in [3.05, 3.63) is 53.6 Å². The number of ether oxygens (including phenoxy) is 2. The lowest BCUT2D eigenvalue weighted by atomic mass is 10.2. The van der Waals surface area contributed by atoms with E-state index in [1.807, 2.05) is 30.3 Å². The highest BCUT2D eigenvalue weighted by atomic mass is 35.5. The lowest BCUT2D eigenvalue weighted by Crippen LogP contribution is -2.48. The third-order valence-electron chi connectivity index (χ3n) is 3.89. The quantitative estimate of drug-likeness (QED) is 0.623. The van der Waals surface area contributed by atoms with Gasteiger partial charge in [-0.25, -0.2) is 8.42 Å². The predicted molar refractivity (Wildman–Crippen MR) is 110 cm³/mol. The number of halogens is 1. The third-order valence-corrected chi connectivity index (χ3v) is 5.43. The van der Waals surface area contributed by atoms with Crippen LogP contribution in [0, 0.1) is 0 Å². The minimum Gasteiger partial charge on any atom is -0.495 e. The van der Waals surface area contributed by atoms with Gasteiger partial charge in [0.05, 0.1) is 30.6 Å². The SMILES string of the molecule is COc1ccc(N([C@@H](C)C(=O)NCCOc2ccccc2)S(C)(=O)=O)cc1Cl. The van der Waals surface area contributed by atoms with Crippen LogP contribution in [0.1, 0.15) is 6.92 Å². The fourth-order valence-electron chi connectivity index (χ4n) is 2.61. The molecule has 0 heterocycles. The number of amides is 1. The number of hydrogen-bond acceptors (Lipinski definition) is 5. The molecule has 0 bridgehead atoms. The van der Waals surface area contributed by atoms with Gasteiger partial charge in [-0.1, -0.05) is 29.8 Å². The van der Waals surface area contributed by atoms with Crippen molar-refractivity contribution >= 4 is 33.2 Å². The minimum atomic E-state index is -3.73. The van der Waals surface area contributed by atoms with Crippen molar-refractivity contribution in [2.45, 2.75) is 13.0 Å². The van der Waals surface area contributed by atoms with Crippen molar-refractivity contribution in [2.75, 3.05) is 30.8 Å². The van der Waals surface area contributed by atoms with Crippen LogP contribution in [0.3, 0.4) is 0 Å². The smallest absolute Gasteiger partial charge is 0.243 e. The van der Waals surface area contributed by atoms with Crippen LogP contribution in [0.25, 0.3) is 0 Å². The number of nitrogens with one attached hydrogen (secondary N) is 1. The second kappa shape index (κ2) is 9.66. The number of para-hydroxylation sites is 1. The first kappa shape index (κ1) is 21.8. The molecule has 152 valence electrons. The van der Waals surface area contributed by atoms with E-state index in [9.17, 15) is 13.2 Å². The number of rotatable bonds is 9. The fraction of sp³-hybridized carbons (Fsp3) is 0.316. The Labute approximate surface area is 170 Å². The molecule has 0 saturated carbocycles. The summed E-state index contributed by atoms with van der Waals surface area (Å²) in [5.74, 6) is 0.651. The molecule has 0 aliphatic heterocycles. The molecule has 0 radical (unpaired) electrons. The van der Waals surface area contributed by atoms with Crippen molar-refractivity contribution in [3.8, 4) is 11.5 Å². The second-order valence-electron chi connectivity index (χ2n) is 6.01. The first-order valence-electron chi connectivity index (χ1n) is 8.52. The summed E-state index contributed by atoms with van der Waals surface area (Å²) >= 11 is 6.10. The lowest BCUT2D eigenvalue weighted by Gasteiger charge is -2.28. The number of carbonyl (C=O) groups excluding carboxylic acids is 1. The van der Waals surface area contributed by atoms with Gasteiger partial charge < -0.3 is 14.8 Å².